The van der Waals surface area contributed by atoms with E-state index in [1.807, 2.05) is 6.92 Å². The van der Waals surface area contributed by atoms with Crippen LogP contribution in [0.15, 0.2) is 29.2 Å². The Hall–Kier alpha value is -2.06. The van der Waals surface area contributed by atoms with Gasteiger partial charge in [-0.25, -0.2) is 22.8 Å². The van der Waals surface area contributed by atoms with Crippen molar-refractivity contribution in [2.45, 2.75) is 37.6 Å². The fourth-order valence-corrected chi connectivity index (χ4v) is 5.05. The highest BCUT2D eigenvalue weighted by atomic mass is 32.2. The third kappa shape index (κ3) is 3.07. The van der Waals surface area contributed by atoms with E-state index in [0.29, 0.717) is 13.0 Å². The Labute approximate surface area is 152 Å². The summed E-state index contributed by atoms with van der Waals surface area (Å²) in [4.78, 5) is 11.5. The van der Waals surface area contributed by atoms with E-state index in [2.05, 4.69) is 14.9 Å². The van der Waals surface area contributed by atoms with Crippen molar-refractivity contribution in [3.8, 4) is 0 Å². The number of rotatable bonds is 3. The summed E-state index contributed by atoms with van der Waals surface area (Å²) in [6.07, 6.45) is 2.80. The van der Waals surface area contributed by atoms with Crippen LogP contribution < -0.4 is 4.90 Å². The van der Waals surface area contributed by atoms with Crippen LogP contribution in [0.25, 0.3) is 0 Å². The lowest BCUT2D eigenvalue weighted by Gasteiger charge is -2.31. The van der Waals surface area contributed by atoms with Gasteiger partial charge in [-0.3, -0.25) is 0 Å². The molecule has 0 amide bonds. The van der Waals surface area contributed by atoms with Gasteiger partial charge in [0, 0.05) is 38.2 Å². The van der Waals surface area contributed by atoms with Gasteiger partial charge in [-0.1, -0.05) is 0 Å². The molecule has 0 spiro atoms. The van der Waals surface area contributed by atoms with Crippen LogP contribution in [0.4, 0.5) is 10.2 Å². The first kappa shape index (κ1) is 17.4. The summed E-state index contributed by atoms with van der Waals surface area (Å²) in [5.41, 5.74) is 1.83. The van der Waals surface area contributed by atoms with Crippen LogP contribution in [-0.4, -0.2) is 42.3 Å². The molecule has 1 aromatic heterocycles. The Bertz CT molecular complexity index is 925. The third-order valence-electron chi connectivity index (χ3n) is 4.97. The number of sulfonamides is 1. The smallest absolute Gasteiger partial charge is 0.243 e. The zero-order valence-corrected chi connectivity index (χ0v) is 15.5. The number of hydrogen-bond donors (Lipinski definition) is 0. The van der Waals surface area contributed by atoms with Crippen molar-refractivity contribution >= 4 is 15.8 Å². The molecule has 0 atom stereocenters. The first-order valence-electron chi connectivity index (χ1n) is 8.82. The van der Waals surface area contributed by atoms with Crippen LogP contribution in [0, 0.1) is 12.7 Å². The third-order valence-corrected chi connectivity index (χ3v) is 6.83. The predicted octanol–water partition coefficient (Wildman–Crippen LogP) is 2.27. The maximum atomic E-state index is 13.1. The molecule has 2 aliphatic heterocycles. The maximum absolute atomic E-state index is 13.1. The van der Waals surface area contributed by atoms with E-state index < -0.39 is 15.8 Å². The molecule has 6 nitrogen and oxygen atoms in total. The zero-order chi connectivity index (χ0) is 18.3. The molecule has 0 aliphatic carbocycles. The van der Waals surface area contributed by atoms with Gasteiger partial charge in [0.15, 0.2) is 0 Å². The molecule has 138 valence electrons. The van der Waals surface area contributed by atoms with Crippen LogP contribution in [0.2, 0.25) is 0 Å². The Kier molecular flexibility index (Phi) is 4.40. The van der Waals surface area contributed by atoms with Gasteiger partial charge < -0.3 is 4.90 Å². The van der Waals surface area contributed by atoms with Crippen molar-refractivity contribution in [3.63, 3.8) is 0 Å². The SMILES string of the molecule is Cc1nc2c(c(N3CCCC3)n1)CN(S(=O)(=O)c1ccc(F)cc1)CC2. The Balaban J connectivity index is 1.70. The fourth-order valence-electron chi connectivity index (χ4n) is 3.64. The molecular formula is C18H21FN4O2S. The van der Waals surface area contributed by atoms with Crippen LogP contribution in [0.1, 0.15) is 29.9 Å². The first-order chi connectivity index (χ1) is 12.4. The average molecular weight is 376 g/mol. The highest BCUT2D eigenvalue weighted by molar-refractivity contribution is 7.89. The molecule has 1 saturated heterocycles. The van der Waals surface area contributed by atoms with Crippen molar-refractivity contribution in [2.75, 3.05) is 24.5 Å². The van der Waals surface area contributed by atoms with Crippen molar-refractivity contribution in [3.05, 3.63) is 47.2 Å². The van der Waals surface area contributed by atoms with E-state index in [-0.39, 0.29) is 11.4 Å². The molecule has 2 aromatic rings. The minimum absolute atomic E-state index is 0.109. The van der Waals surface area contributed by atoms with Gasteiger partial charge >= 0.3 is 0 Å². The van der Waals surface area contributed by atoms with E-state index in [0.717, 1.165) is 48.8 Å². The second kappa shape index (κ2) is 6.59. The molecule has 4 rings (SSSR count). The van der Waals surface area contributed by atoms with Gasteiger partial charge in [-0.15, -0.1) is 0 Å². The number of halogens is 1. The summed E-state index contributed by atoms with van der Waals surface area (Å²) in [6, 6.07) is 4.97. The zero-order valence-electron chi connectivity index (χ0n) is 14.7. The largest absolute Gasteiger partial charge is 0.356 e. The van der Waals surface area contributed by atoms with E-state index in [9.17, 15) is 12.8 Å². The van der Waals surface area contributed by atoms with Crippen molar-refractivity contribution in [2.24, 2.45) is 0 Å². The van der Waals surface area contributed by atoms with Crippen LogP contribution in [-0.2, 0) is 23.0 Å². The molecule has 1 fully saturated rings. The number of aromatic nitrogens is 2. The monoisotopic (exact) mass is 376 g/mol. The predicted molar refractivity (Wildman–Crippen MR) is 95.9 cm³/mol. The molecule has 8 heteroatoms. The van der Waals surface area contributed by atoms with Crippen molar-refractivity contribution in [1.82, 2.24) is 14.3 Å². The Morgan fingerprint density at radius 1 is 1.04 bits per heavy atom. The van der Waals surface area contributed by atoms with Crippen molar-refractivity contribution < 1.29 is 12.8 Å². The van der Waals surface area contributed by atoms with Gasteiger partial charge in [0.1, 0.15) is 17.5 Å². The number of fused-ring (bicyclic) bond motifs is 1. The first-order valence-corrected chi connectivity index (χ1v) is 10.3. The molecule has 0 unspecified atom stereocenters. The van der Waals surface area contributed by atoms with Gasteiger partial charge in [0.25, 0.3) is 0 Å². The number of aryl methyl sites for hydroxylation is 1. The second-order valence-electron chi connectivity index (χ2n) is 6.76. The minimum Gasteiger partial charge on any atom is -0.356 e. The molecule has 3 heterocycles. The van der Waals surface area contributed by atoms with Crippen molar-refractivity contribution in [1.29, 1.82) is 0 Å². The molecular weight excluding hydrogens is 355 g/mol. The van der Waals surface area contributed by atoms with Gasteiger partial charge in [-0.05, 0) is 44.0 Å². The summed E-state index contributed by atoms with van der Waals surface area (Å²) in [5.74, 6) is 1.14. The Morgan fingerprint density at radius 3 is 2.42 bits per heavy atom. The highest BCUT2D eigenvalue weighted by Crippen LogP contribution is 2.31. The summed E-state index contributed by atoms with van der Waals surface area (Å²) in [6.45, 7) is 4.37. The lowest BCUT2D eigenvalue weighted by Crippen LogP contribution is -2.38. The van der Waals surface area contributed by atoms with Gasteiger partial charge in [0.05, 0.1) is 10.6 Å². The number of anilines is 1. The molecule has 26 heavy (non-hydrogen) atoms. The number of nitrogens with zero attached hydrogens (tertiary/aromatic N) is 4. The van der Waals surface area contributed by atoms with E-state index in [1.165, 1.54) is 28.6 Å². The topological polar surface area (TPSA) is 66.4 Å². The summed E-state index contributed by atoms with van der Waals surface area (Å²) in [7, 11) is -3.68. The molecule has 0 saturated carbocycles. The summed E-state index contributed by atoms with van der Waals surface area (Å²) >= 11 is 0. The highest BCUT2D eigenvalue weighted by Gasteiger charge is 2.32. The van der Waals surface area contributed by atoms with Crippen LogP contribution >= 0.6 is 0 Å². The van der Waals surface area contributed by atoms with E-state index >= 15 is 0 Å². The summed E-state index contributed by atoms with van der Waals surface area (Å²) in [5, 5.41) is 0. The number of hydrogen-bond acceptors (Lipinski definition) is 5. The van der Waals surface area contributed by atoms with Gasteiger partial charge in [0.2, 0.25) is 10.0 Å². The number of benzene rings is 1. The lowest BCUT2D eigenvalue weighted by atomic mass is 10.1. The standard InChI is InChI=1S/C18H21FN4O2S/c1-13-20-17-8-11-23(26(24,25)15-6-4-14(19)5-7-15)12-16(17)18(21-13)22-9-2-3-10-22/h4-7H,2-3,8-12H2,1H3. The molecule has 0 bridgehead atoms. The lowest BCUT2D eigenvalue weighted by molar-refractivity contribution is 0.386. The van der Waals surface area contributed by atoms with Crippen LogP contribution in [0.5, 0.6) is 0 Å². The molecule has 2 aliphatic rings. The molecule has 1 aromatic carbocycles. The molecule has 0 radical (unpaired) electrons. The average Bonchev–Trinajstić information content (AvgIpc) is 3.15. The van der Waals surface area contributed by atoms with Gasteiger partial charge in [-0.2, -0.15) is 4.31 Å². The second-order valence-corrected chi connectivity index (χ2v) is 8.69. The maximum Gasteiger partial charge on any atom is 0.243 e. The minimum atomic E-state index is -3.68. The van der Waals surface area contributed by atoms with E-state index in [4.69, 9.17) is 0 Å². The fraction of sp³-hybridized carbons (Fsp3) is 0.444. The quantitative estimate of drug-likeness (QED) is 0.822. The van der Waals surface area contributed by atoms with E-state index in [1.54, 1.807) is 0 Å². The normalized spacial score (nSPS) is 18.2. The Morgan fingerprint density at radius 2 is 1.73 bits per heavy atom. The summed E-state index contributed by atoms with van der Waals surface area (Å²) < 4.78 is 40.5. The molecule has 0 N–H and O–H groups in total. The van der Waals surface area contributed by atoms with Crippen LogP contribution in [0.3, 0.4) is 0 Å².